The van der Waals surface area contributed by atoms with Crippen LogP contribution in [0.3, 0.4) is 0 Å². The number of aromatic nitrogens is 1. The number of carbonyl (C=O) groups excluding carboxylic acids is 2. The average molecular weight is 671 g/mol. The summed E-state index contributed by atoms with van der Waals surface area (Å²) in [7, 11) is -3.08. The molecule has 1 atom stereocenters. The summed E-state index contributed by atoms with van der Waals surface area (Å²) >= 11 is 0. The fourth-order valence-corrected chi connectivity index (χ4v) is 7.85. The largest absolute Gasteiger partial charge is 0.442 e. The van der Waals surface area contributed by atoms with Crippen LogP contribution in [0.4, 0.5) is 16.2 Å². The molecule has 2 amide bonds. The molecule has 0 unspecified atom stereocenters. The third-order valence-corrected chi connectivity index (χ3v) is 10.7. The molecule has 2 saturated heterocycles. The summed E-state index contributed by atoms with van der Waals surface area (Å²) in [4.78, 5) is 37.9. The number of piperazine rings is 1. The number of amides is 2. The van der Waals surface area contributed by atoms with E-state index in [9.17, 15) is 19.1 Å². The number of nitrogens with zero attached hydrogens (tertiary/aromatic N) is 6. The van der Waals surface area contributed by atoms with Crippen LogP contribution in [0.15, 0.2) is 63.9 Å². The van der Waals surface area contributed by atoms with Crippen molar-refractivity contribution in [1.82, 2.24) is 9.88 Å². The summed E-state index contributed by atoms with van der Waals surface area (Å²) in [6.45, 7) is 13.0. The number of nitriles is 1. The molecule has 2 fully saturated rings. The molecule has 254 valence electrons. The van der Waals surface area contributed by atoms with E-state index in [0.717, 1.165) is 60.5 Å². The molecule has 0 N–H and O–H groups in total. The first-order valence-corrected chi connectivity index (χ1v) is 18.5. The Morgan fingerprint density at radius 1 is 0.938 bits per heavy atom. The molecule has 2 aromatic carbocycles. The zero-order valence-electron chi connectivity index (χ0n) is 28.9. The zero-order chi connectivity index (χ0) is 34.6. The average Bonchev–Trinajstić information content (AvgIpc) is 3.05. The zero-order valence-corrected chi connectivity index (χ0v) is 29.7. The minimum Gasteiger partial charge on any atom is -0.442 e. The van der Waals surface area contributed by atoms with Crippen LogP contribution < -0.4 is 9.80 Å². The van der Waals surface area contributed by atoms with Crippen LogP contribution in [0.5, 0.6) is 0 Å². The van der Waals surface area contributed by atoms with Gasteiger partial charge in [-0.15, -0.1) is 4.36 Å². The van der Waals surface area contributed by atoms with Gasteiger partial charge in [-0.2, -0.15) is 5.26 Å². The summed E-state index contributed by atoms with van der Waals surface area (Å²) in [5, 5.41) is 9.53. The third-order valence-electron chi connectivity index (χ3n) is 9.00. The van der Waals surface area contributed by atoms with E-state index >= 15 is 0 Å². The lowest BCUT2D eigenvalue weighted by Gasteiger charge is -2.37. The van der Waals surface area contributed by atoms with Crippen molar-refractivity contribution in [2.75, 3.05) is 55.3 Å². The number of benzene rings is 2. The van der Waals surface area contributed by atoms with Gasteiger partial charge in [0, 0.05) is 51.2 Å². The van der Waals surface area contributed by atoms with Crippen molar-refractivity contribution < 1.29 is 18.5 Å². The van der Waals surface area contributed by atoms with Crippen LogP contribution in [-0.2, 0) is 20.9 Å². The van der Waals surface area contributed by atoms with Gasteiger partial charge in [-0.25, -0.2) is 14.0 Å². The molecule has 0 spiro atoms. The van der Waals surface area contributed by atoms with E-state index in [2.05, 4.69) is 33.2 Å². The standard InChI is InChI=1S/C37H46N6O4S/c1-26-23-27(2)34(39-30(26)24-28-15-17-41(18-16-28)31-12-8-7-11-29(31)25-38)35(44)43-21-19-42(20-22-43)32-13-9-10-14-33(32)48(6,46)40-36(45)47-37(3,4)5/h7-14,23,28H,15-22,24H2,1-6H3/t48-/m0/s1. The van der Waals surface area contributed by atoms with Crippen molar-refractivity contribution in [1.29, 1.82) is 5.26 Å². The number of rotatable bonds is 6. The summed E-state index contributed by atoms with van der Waals surface area (Å²) < 4.78 is 22.9. The Morgan fingerprint density at radius 3 is 2.19 bits per heavy atom. The fraction of sp³-hybridized carbons (Fsp3) is 0.459. The van der Waals surface area contributed by atoms with E-state index in [1.807, 2.05) is 48.2 Å². The number of hydrogen-bond donors (Lipinski definition) is 0. The summed E-state index contributed by atoms with van der Waals surface area (Å²) in [5.41, 5.74) is 5.13. The number of aryl methyl sites for hydroxylation is 2. The van der Waals surface area contributed by atoms with Gasteiger partial charge in [0.25, 0.3) is 5.91 Å². The van der Waals surface area contributed by atoms with E-state index < -0.39 is 21.4 Å². The SMILES string of the molecule is Cc1cc(C)c(C(=O)N2CCN(c3ccccc3[S@](C)(=O)=NC(=O)OC(C)(C)C)CC2)nc1CC1CCN(c2ccccc2C#N)CC1. The smallest absolute Gasteiger partial charge is 0.442 e. The first kappa shape index (κ1) is 34.9. The van der Waals surface area contributed by atoms with Crippen molar-refractivity contribution in [3.05, 3.63) is 82.7 Å². The van der Waals surface area contributed by atoms with Crippen LogP contribution in [0.1, 0.15) is 66.5 Å². The monoisotopic (exact) mass is 670 g/mol. The maximum absolute atomic E-state index is 13.8. The van der Waals surface area contributed by atoms with Gasteiger partial charge >= 0.3 is 6.09 Å². The van der Waals surface area contributed by atoms with E-state index in [-0.39, 0.29) is 5.91 Å². The number of pyridine rings is 1. The molecule has 3 heterocycles. The lowest BCUT2D eigenvalue weighted by Crippen LogP contribution is -2.49. The van der Waals surface area contributed by atoms with Gasteiger partial charge in [0.2, 0.25) is 0 Å². The lowest BCUT2D eigenvalue weighted by atomic mass is 9.90. The lowest BCUT2D eigenvalue weighted by molar-refractivity contribution is 0.0607. The van der Waals surface area contributed by atoms with Gasteiger partial charge in [-0.3, -0.25) is 4.79 Å². The van der Waals surface area contributed by atoms with Crippen LogP contribution in [0.25, 0.3) is 0 Å². The van der Waals surface area contributed by atoms with Gasteiger partial charge in [-0.1, -0.05) is 30.3 Å². The molecule has 3 aromatic rings. The second-order valence-electron chi connectivity index (χ2n) is 13.8. The second kappa shape index (κ2) is 14.4. The topological polar surface area (TPSA) is 119 Å². The molecule has 48 heavy (non-hydrogen) atoms. The first-order chi connectivity index (χ1) is 22.8. The summed E-state index contributed by atoms with van der Waals surface area (Å²) in [6.07, 6.45) is 3.41. The number of carbonyl (C=O) groups is 2. The van der Waals surface area contributed by atoms with E-state index in [1.165, 1.54) is 6.26 Å². The van der Waals surface area contributed by atoms with Crippen molar-refractivity contribution in [2.24, 2.45) is 10.3 Å². The Labute approximate surface area is 284 Å². The molecule has 0 aliphatic carbocycles. The Hall–Kier alpha value is -4.43. The van der Waals surface area contributed by atoms with Gasteiger partial charge in [0.15, 0.2) is 0 Å². The van der Waals surface area contributed by atoms with Gasteiger partial charge in [-0.05, 0) is 95.2 Å². The minimum atomic E-state index is -3.08. The highest BCUT2D eigenvalue weighted by Gasteiger charge is 2.29. The molecule has 10 nitrogen and oxygen atoms in total. The summed E-state index contributed by atoms with van der Waals surface area (Å²) in [6, 6.07) is 19.4. The van der Waals surface area contributed by atoms with Crippen LogP contribution >= 0.6 is 0 Å². The second-order valence-corrected chi connectivity index (χ2v) is 16.0. The molecular formula is C37H46N6O4S. The van der Waals surface area contributed by atoms with Gasteiger partial charge in [0.1, 0.15) is 17.4 Å². The number of para-hydroxylation sites is 2. The van der Waals surface area contributed by atoms with Crippen molar-refractivity contribution in [3.8, 4) is 6.07 Å². The van der Waals surface area contributed by atoms with Crippen LogP contribution in [0, 0.1) is 31.1 Å². The predicted molar refractivity (Wildman–Crippen MR) is 189 cm³/mol. The van der Waals surface area contributed by atoms with E-state index in [4.69, 9.17) is 9.72 Å². The van der Waals surface area contributed by atoms with Gasteiger partial charge in [0.05, 0.1) is 31.6 Å². The first-order valence-electron chi connectivity index (χ1n) is 16.6. The highest BCUT2D eigenvalue weighted by atomic mass is 32.2. The molecule has 2 aliphatic heterocycles. The normalized spacial score (nSPS) is 17.0. The van der Waals surface area contributed by atoms with Crippen molar-refractivity contribution >= 4 is 33.1 Å². The summed E-state index contributed by atoms with van der Waals surface area (Å²) in [5.74, 6) is 0.371. The van der Waals surface area contributed by atoms with Crippen molar-refractivity contribution in [3.63, 3.8) is 0 Å². The molecule has 1 aromatic heterocycles. The number of ether oxygens (including phenoxy) is 1. The number of anilines is 2. The maximum atomic E-state index is 13.8. The molecule has 5 rings (SSSR count). The third kappa shape index (κ3) is 8.16. The maximum Gasteiger partial charge on any atom is 0.442 e. The Bertz CT molecular complexity index is 1840. The van der Waals surface area contributed by atoms with Crippen LogP contribution in [0.2, 0.25) is 0 Å². The predicted octanol–water partition coefficient (Wildman–Crippen LogP) is 6.38. The fourth-order valence-electron chi connectivity index (χ4n) is 6.52. The number of piperidine rings is 1. The van der Waals surface area contributed by atoms with E-state index in [0.29, 0.717) is 48.2 Å². The molecule has 11 heteroatoms. The molecule has 0 saturated carbocycles. The Kier molecular flexibility index (Phi) is 10.4. The van der Waals surface area contributed by atoms with Gasteiger partial charge < -0.3 is 19.4 Å². The number of hydrogen-bond acceptors (Lipinski definition) is 8. The van der Waals surface area contributed by atoms with Crippen LogP contribution in [-0.4, -0.2) is 77.2 Å². The Morgan fingerprint density at radius 2 is 1.54 bits per heavy atom. The molecular weight excluding hydrogens is 625 g/mol. The molecule has 0 radical (unpaired) electrons. The Balaban J connectivity index is 1.24. The van der Waals surface area contributed by atoms with E-state index in [1.54, 1.807) is 32.9 Å². The quantitative estimate of drug-likeness (QED) is 0.296. The van der Waals surface area contributed by atoms with Crippen molar-refractivity contribution in [2.45, 2.75) is 64.4 Å². The molecule has 0 bridgehead atoms. The highest BCUT2D eigenvalue weighted by Crippen LogP contribution is 2.30. The molecule has 2 aliphatic rings. The highest BCUT2D eigenvalue weighted by molar-refractivity contribution is 7.93. The minimum absolute atomic E-state index is 0.0798.